The van der Waals surface area contributed by atoms with Crippen molar-refractivity contribution in [1.29, 1.82) is 0 Å². The summed E-state index contributed by atoms with van der Waals surface area (Å²) in [7, 11) is -10.3. The Morgan fingerprint density at radius 1 is 1.17 bits per heavy atom. The molecule has 176 valence electrons. The highest BCUT2D eigenvalue weighted by molar-refractivity contribution is 7.60. The van der Waals surface area contributed by atoms with E-state index in [0.29, 0.717) is 12.3 Å². The van der Waals surface area contributed by atoms with Gasteiger partial charge in [-0.3, -0.25) is 9.09 Å². The molecule has 8 nitrogen and oxygen atoms in total. The lowest BCUT2D eigenvalue weighted by Crippen LogP contribution is -2.57. The van der Waals surface area contributed by atoms with Gasteiger partial charge in [0.2, 0.25) is 0 Å². The van der Waals surface area contributed by atoms with Gasteiger partial charge in [0.05, 0.1) is 12.2 Å². The van der Waals surface area contributed by atoms with Crippen LogP contribution in [0.15, 0.2) is 11.6 Å². The van der Waals surface area contributed by atoms with E-state index in [9.17, 15) is 24.0 Å². The van der Waals surface area contributed by atoms with Crippen LogP contribution in [0.2, 0.25) is 0 Å². The Labute approximate surface area is 179 Å². The molecular formula is C20H37O8P2-. The van der Waals surface area contributed by atoms with Crippen LogP contribution in [0.25, 0.3) is 0 Å². The zero-order valence-corrected chi connectivity index (χ0v) is 20.5. The highest BCUT2D eigenvalue weighted by Gasteiger charge is 2.57. The molecule has 0 spiro atoms. The van der Waals surface area contributed by atoms with Crippen molar-refractivity contribution < 1.29 is 37.8 Å². The van der Waals surface area contributed by atoms with E-state index in [1.807, 2.05) is 13.8 Å². The Hall–Kier alpha value is -0.0400. The van der Waals surface area contributed by atoms with Crippen LogP contribution in [0.3, 0.4) is 0 Å². The van der Waals surface area contributed by atoms with Crippen molar-refractivity contribution in [1.82, 2.24) is 0 Å². The van der Waals surface area contributed by atoms with Crippen molar-refractivity contribution in [2.45, 2.75) is 85.2 Å². The average molecular weight is 467 g/mol. The molecule has 30 heavy (non-hydrogen) atoms. The Bertz CT molecular complexity index is 741. The fraction of sp³-hybridized carbons (Fsp3) is 0.900. The predicted octanol–water partition coefficient (Wildman–Crippen LogP) is 4.30. The molecule has 0 heterocycles. The SMILES string of the molecule is C/C(=C\COP(=O)(O)OP(=O)([O-])O)CC[C@@H]1[C@@]2(C)CCCC(C)(C)[C@@H]2CC[C@@]1(C)O. The van der Waals surface area contributed by atoms with Crippen LogP contribution in [-0.2, 0) is 18.0 Å². The van der Waals surface area contributed by atoms with Gasteiger partial charge in [0.1, 0.15) is 0 Å². The number of rotatable bonds is 8. The number of allylic oxidation sites excluding steroid dienone is 1. The summed E-state index contributed by atoms with van der Waals surface area (Å²) in [6, 6.07) is 0. The third-order valence-electron chi connectivity index (χ3n) is 7.47. The van der Waals surface area contributed by atoms with Crippen LogP contribution < -0.4 is 4.89 Å². The minimum absolute atomic E-state index is 0.0608. The van der Waals surface area contributed by atoms with Gasteiger partial charge in [0.25, 0.3) is 7.82 Å². The fourth-order valence-corrected chi connectivity index (χ4v) is 7.66. The maximum Gasteiger partial charge on any atom is 0.479 e. The standard InChI is InChI=1S/C20H38O8P2/c1-15(10-14-27-30(25,26)28-29(22,23)24)7-8-17-19(4)12-6-11-18(2,3)16(19)9-13-20(17,5)21/h10,16-17,21H,6-9,11-14H2,1-5H3,(H,25,26)(H2,22,23,24)/p-1/b15-10+/t16-,17+,19-,20+/m0/s1. The molecule has 0 aromatic heterocycles. The summed E-state index contributed by atoms with van der Waals surface area (Å²) in [5.74, 6) is 0.705. The number of aliphatic hydroxyl groups is 1. The average Bonchev–Trinajstić information content (AvgIpc) is 2.50. The number of phosphoric acid groups is 2. The Morgan fingerprint density at radius 3 is 2.40 bits per heavy atom. The van der Waals surface area contributed by atoms with Crippen LogP contribution in [0.5, 0.6) is 0 Å². The van der Waals surface area contributed by atoms with Crippen molar-refractivity contribution in [2.75, 3.05) is 6.61 Å². The van der Waals surface area contributed by atoms with Gasteiger partial charge in [-0.25, -0.2) is 8.88 Å². The minimum Gasteiger partial charge on any atom is -0.756 e. The molecule has 2 aliphatic rings. The molecule has 0 saturated heterocycles. The zero-order chi connectivity index (χ0) is 23.0. The van der Waals surface area contributed by atoms with Crippen molar-refractivity contribution in [3.63, 3.8) is 0 Å². The van der Waals surface area contributed by atoms with E-state index in [1.54, 1.807) is 6.08 Å². The smallest absolute Gasteiger partial charge is 0.479 e. The maximum atomic E-state index is 11.5. The molecule has 10 heteroatoms. The monoisotopic (exact) mass is 467 g/mol. The van der Waals surface area contributed by atoms with Gasteiger partial charge in [-0.15, -0.1) is 0 Å². The van der Waals surface area contributed by atoms with Gasteiger partial charge in [-0.1, -0.05) is 38.8 Å². The molecule has 3 N–H and O–H groups in total. The number of hydrogen-bond acceptors (Lipinski definition) is 6. The van der Waals surface area contributed by atoms with Crippen LogP contribution in [0.4, 0.5) is 0 Å². The molecule has 2 aliphatic carbocycles. The lowest BCUT2D eigenvalue weighted by atomic mass is 9.45. The molecule has 0 aliphatic heterocycles. The first-order chi connectivity index (χ1) is 13.5. The molecule has 0 radical (unpaired) electrons. The van der Waals surface area contributed by atoms with Gasteiger partial charge in [-0.05, 0) is 75.0 Å². The van der Waals surface area contributed by atoms with Crippen molar-refractivity contribution in [2.24, 2.45) is 22.7 Å². The van der Waals surface area contributed by atoms with E-state index in [0.717, 1.165) is 37.7 Å². The first-order valence-electron chi connectivity index (χ1n) is 10.6. The molecule has 2 unspecified atom stereocenters. The summed E-state index contributed by atoms with van der Waals surface area (Å²) >= 11 is 0. The van der Waals surface area contributed by atoms with Gasteiger partial charge < -0.3 is 19.8 Å². The molecule has 0 bridgehead atoms. The summed E-state index contributed by atoms with van der Waals surface area (Å²) in [6.45, 7) is 10.5. The molecular weight excluding hydrogens is 430 g/mol. The van der Waals surface area contributed by atoms with E-state index in [4.69, 9.17) is 4.89 Å². The molecule has 0 aromatic carbocycles. The van der Waals surface area contributed by atoms with Crippen LogP contribution in [0.1, 0.15) is 79.6 Å². The Kier molecular flexibility index (Phi) is 7.93. The third-order valence-corrected chi connectivity index (χ3v) is 9.59. The second kappa shape index (κ2) is 9.07. The van der Waals surface area contributed by atoms with Gasteiger partial charge in [0.15, 0.2) is 0 Å². The summed E-state index contributed by atoms with van der Waals surface area (Å²) in [4.78, 5) is 28.4. The summed E-state index contributed by atoms with van der Waals surface area (Å²) in [5, 5.41) is 11.2. The van der Waals surface area contributed by atoms with E-state index >= 15 is 0 Å². The second-order valence-electron chi connectivity index (χ2n) is 10.3. The largest absolute Gasteiger partial charge is 0.756 e. The van der Waals surface area contributed by atoms with E-state index in [2.05, 4.69) is 29.6 Å². The summed E-state index contributed by atoms with van der Waals surface area (Å²) in [6.07, 6.45) is 8.37. The van der Waals surface area contributed by atoms with Gasteiger partial charge >= 0.3 is 7.82 Å². The van der Waals surface area contributed by atoms with Crippen molar-refractivity contribution in [3.05, 3.63) is 11.6 Å². The van der Waals surface area contributed by atoms with Crippen molar-refractivity contribution >= 4 is 15.6 Å². The normalized spacial score (nSPS) is 38.4. The quantitative estimate of drug-likeness (QED) is 0.355. The zero-order valence-electron chi connectivity index (χ0n) is 18.7. The molecule has 6 atom stereocenters. The molecule has 2 saturated carbocycles. The van der Waals surface area contributed by atoms with Gasteiger partial charge in [0, 0.05) is 0 Å². The highest BCUT2D eigenvalue weighted by atomic mass is 31.3. The van der Waals surface area contributed by atoms with E-state index in [1.165, 1.54) is 6.42 Å². The second-order valence-corrected chi connectivity index (χ2v) is 13.0. The number of hydrogen-bond donors (Lipinski definition) is 3. The third kappa shape index (κ3) is 6.49. The molecule has 2 rings (SSSR count). The minimum atomic E-state index is -5.37. The maximum absolute atomic E-state index is 11.5. The molecule has 0 amide bonds. The van der Waals surface area contributed by atoms with Crippen LogP contribution in [-0.4, -0.2) is 27.1 Å². The fourth-order valence-electron chi connectivity index (χ4n) is 6.17. The Balaban J connectivity index is 2.02. The molecule has 0 aromatic rings. The van der Waals surface area contributed by atoms with Crippen LogP contribution in [0, 0.1) is 22.7 Å². The lowest BCUT2D eigenvalue weighted by Gasteiger charge is -2.61. The first-order valence-corrected chi connectivity index (χ1v) is 13.6. The van der Waals surface area contributed by atoms with Gasteiger partial charge in [-0.2, -0.15) is 0 Å². The van der Waals surface area contributed by atoms with Crippen LogP contribution >= 0.6 is 15.6 Å². The van der Waals surface area contributed by atoms with E-state index in [-0.39, 0.29) is 23.4 Å². The Morgan fingerprint density at radius 2 is 1.80 bits per heavy atom. The number of fused-ring (bicyclic) bond motifs is 1. The summed E-state index contributed by atoms with van der Waals surface area (Å²) < 4.78 is 30.3. The predicted molar refractivity (Wildman–Crippen MR) is 112 cm³/mol. The summed E-state index contributed by atoms with van der Waals surface area (Å²) in [5.41, 5.74) is 0.489. The topological polar surface area (TPSA) is 136 Å². The van der Waals surface area contributed by atoms with Crippen molar-refractivity contribution in [3.8, 4) is 0 Å². The number of phosphoric ester groups is 1. The molecule has 2 fully saturated rings. The first kappa shape index (κ1) is 26.2. The lowest BCUT2D eigenvalue weighted by molar-refractivity contribution is -0.212. The highest BCUT2D eigenvalue weighted by Crippen LogP contribution is 2.63. The van der Waals surface area contributed by atoms with E-state index < -0.39 is 21.2 Å².